The predicted octanol–water partition coefficient (Wildman–Crippen LogP) is -0.259. The van der Waals surface area contributed by atoms with Crippen molar-refractivity contribution in [1.82, 2.24) is 14.6 Å². The largest absolute Gasteiger partial charge is 0.308 e. The summed E-state index contributed by atoms with van der Waals surface area (Å²) in [6.45, 7) is 3.27. The van der Waals surface area contributed by atoms with E-state index >= 15 is 0 Å². The highest BCUT2D eigenvalue weighted by molar-refractivity contribution is 7.89. The fraction of sp³-hybridized carbons (Fsp3) is 0.545. The van der Waals surface area contributed by atoms with Gasteiger partial charge in [-0.1, -0.05) is 0 Å². The summed E-state index contributed by atoms with van der Waals surface area (Å²) in [6.07, 6.45) is 3.68. The zero-order valence-electron chi connectivity index (χ0n) is 10.7. The summed E-state index contributed by atoms with van der Waals surface area (Å²) in [5.41, 5.74) is 2.35. The van der Waals surface area contributed by atoms with Crippen LogP contribution >= 0.6 is 0 Å². The molecule has 0 radical (unpaired) electrons. The molecule has 0 amide bonds. The van der Waals surface area contributed by atoms with E-state index in [2.05, 4.69) is 20.0 Å². The molecule has 0 saturated carbocycles. The van der Waals surface area contributed by atoms with Crippen molar-refractivity contribution in [3.63, 3.8) is 0 Å². The van der Waals surface area contributed by atoms with Gasteiger partial charge in [-0.15, -0.1) is 0 Å². The summed E-state index contributed by atoms with van der Waals surface area (Å²) in [7, 11) is -3.48. The van der Waals surface area contributed by atoms with E-state index < -0.39 is 10.0 Å². The highest BCUT2D eigenvalue weighted by Crippen LogP contribution is 2.10. The van der Waals surface area contributed by atoms with Crippen molar-refractivity contribution in [3.8, 4) is 0 Å². The van der Waals surface area contributed by atoms with Gasteiger partial charge in [0.1, 0.15) is 10.7 Å². The van der Waals surface area contributed by atoms with Crippen LogP contribution in [0.25, 0.3) is 0 Å². The average Bonchev–Trinajstić information content (AvgIpc) is 2.92. The van der Waals surface area contributed by atoms with Gasteiger partial charge >= 0.3 is 0 Å². The average molecular weight is 285 g/mol. The van der Waals surface area contributed by atoms with Gasteiger partial charge in [-0.3, -0.25) is 0 Å². The number of likely N-dealkylation sites (tertiary alicyclic amines) is 1. The van der Waals surface area contributed by atoms with Gasteiger partial charge in [0.05, 0.1) is 0 Å². The van der Waals surface area contributed by atoms with E-state index in [-0.39, 0.29) is 4.90 Å². The van der Waals surface area contributed by atoms with Crippen LogP contribution in [-0.2, 0) is 10.0 Å². The van der Waals surface area contributed by atoms with Crippen LogP contribution in [0.1, 0.15) is 12.8 Å². The molecule has 7 nitrogen and oxygen atoms in total. The van der Waals surface area contributed by atoms with E-state index in [1.54, 1.807) is 0 Å². The Morgan fingerprint density at radius 1 is 1.32 bits per heavy atom. The van der Waals surface area contributed by atoms with Gasteiger partial charge in [-0.25, -0.2) is 24.0 Å². The van der Waals surface area contributed by atoms with Crippen LogP contribution in [0.2, 0.25) is 0 Å². The molecule has 106 valence electrons. The normalized spacial score (nSPS) is 16.7. The van der Waals surface area contributed by atoms with Crippen molar-refractivity contribution in [1.29, 1.82) is 0 Å². The first kappa shape index (κ1) is 14.2. The van der Waals surface area contributed by atoms with E-state index in [0.717, 1.165) is 19.6 Å². The number of sulfonamides is 1. The molecule has 0 aliphatic carbocycles. The summed E-state index contributed by atoms with van der Waals surface area (Å²) < 4.78 is 26.5. The Kier molecular flexibility index (Phi) is 4.70. The Bertz CT molecular complexity index is 496. The first-order valence-corrected chi connectivity index (χ1v) is 7.75. The van der Waals surface area contributed by atoms with Crippen molar-refractivity contribution < 1.29 is 8.42 Å². The molecule has 2 rings (SSSR count). The second kappa shape index (κ2) is 6.29. The Labute approximate surface area is 113 Å². The van der Waals surface area contributed by atoms with Crippen LogP contribution in [0, 0.1) is 0 Å². The van der Waals surface area contributed by atoms with E-state index in [0.29, 0.717) is 12.4 Å². The van der Waals surface area contributed by atoms with Crippen LogP contribution in [0.4, 0.5) is 5.82 Å². The van der Waals surface area contributed by atoms with E-state index in [4.69, 9.17) is 5.84 Å². The minimum Gasteiger partial charge on any atom is -0.308 e. The maximum atomic E-state index is 12.0. The summed E-state index contributed by atoms with van der Waals surface area (Å²) in [5, 5.41) is 0. The number of hydrogen-bond acceptors (Lipinski definition) is 6. The maximum Gasteiger partial charge on any atom is 0.242 e. The van der Waals surface area contributed by atoms with Crippen LogP contribution in [0.5, 0.6) is 0 Å². The highest BCUT2D eigenvalue weighted by atomic mass is 32.2. The van der Waals surface area contributed by atoms with Crippen molar-refractivity contribution in [3.05, 3.63) is 18.3 Å². The molecule has 1 aromatic rings. The number of pyridine rings is 1. The SMILES string of the molecule is NNc1ccc(S(=O)(=O)NCCN2CCCC2)cn1. The molecule has 1 aromatic heterocycles. The maximum absolute atomic E-state index is 12.0. The number of anilines is 1. The van der Waals surface area contributed by atoms with Gasteiger partial charge in [0.2, 0.25) is 10.0 Å². The smallest absolute Gasteiger partial charge is 0.242 e. The quantitative estimate of drug-likeness (QED) is 0.492. The minimum absolute atomic E-state index is 0.146. The van der Waals surface area contributed by atoms with Crippen molar-refractivity contribution >= 4 is 15.8 Å². The van der Waals surface area contributed by atoms with E-state index in [1.165, 1.54) is 31.2 Å². The van der Waals surface area contributed by atoms with Gasteiger partial charge in [0, 0.05) is 19.3 Å². The van der Waals surface area contributed by atoms with Gasteiger partial charge in [0.15, 0.2) is 0 Å². The molecule has 0 atom stereocenters. The van der Waals surface area contributed by atoms with Gasteiger partial charge < -0.3 is 10.3 Å². The lowest BCUT2D eigenvalue weighted by Crippen LogP contribution is -2.33. The lowest BCUT2D eigenvalue weighted by Gasteiger charge is -2.14. The number of nitrogen functional groups attached to an aromatic ring is 1. The second-order valence-electron chi connectivity index (χ2n) is 4.47. The highest BCUT2D eigenvalue weighted by Gasteiger charge is 2.16. The van der Waals surface area contributed by atoms with Crippen LogP contribution in [0.15, 0.2) is 23.2 Å². The molecule has 0 aromatic carbocycles. The monoisotopic (exact) mass is 285 g/mol. The summed E-state index contributed by atoms with van der Waals surface area (Å²) in [4.78, 5) is 6.28. The molecular weight excluding hydrogens is 266 g/mol. The van der Waals surface area contributed by atoms with Crippen LogP contribution in [0.3, 0.4) is 0 Å². The molecule has 0 unspecified atom stereocenters. The standard InChI is InChI=1S/C11H19N5O2S/c12-15-11-4-3-10(9-13-11)19(17,18)14-5-8-16-6-1-2-7-16/h3-4,9,14H,1-2,5-8,12H2,(H,13,15). The molecule has 0 bridgehead atoms. The predicted molar refractivity (Wildman–Crippen MR) is 72.9 cm³/mol. The Morgan fingerprint density at radius 2 is 2.05 bits per heavy atom. The lowest BCUT2D eigenvalue weighted by molar-refractivity contribution is 0.344. The summed E-state index contributed by atoms with van der Waals surface area (Å²) >= 11 is 0. The molecule has 1 fully saturated rings. The zero-order chi connectivity index (χ0) is 13.7. The number of nitrogens with one attached hydrogen (secondary N) is 2. The summed E-state index contributed by atoms with van der Waals surface area (Å²) in [5.74, 6) is 5.60. The Morgan fingerprint density at radius 3 is 2.63 bits per heavy atom. The number of rotatable bonds is 6. The van der Waals surface area contributed by atoms with E-state index in [9.17, 15) is 8.42 Å². The van der Waals surface area contributed by atoms with Crippen molar-refractivity contribution in [2.45, 2.75) is 17.7 Å². The fourth-order valence-corrected chi connectivity index (χ4v) is 3.02. The second-order valence-corrected chi connectivity index (χ2v) is 6.24. The molecule has 4 N–H and O–H groups in total. The lowest BCUT2D eigenvalue weighted by atomic mass is 10.4. The molecular formula is C11H19N5O2S. The number of hydrogen-bond donors (Lipinski definition) is 3. The third-order valence-electron chi connectivity index (χ3n) is 3.11. The molecule has 19 heavy (non-hydrogen) atoms. The van der Waals surface area contributed by atoms with Crippen LogP contribution in [-0.4, -0.2) is 44.5 Å². The Balaban J connectivity index is 1.89. The molecule has 0 spiro atoms. The molecule has 8 heteroatoms. The van der Waals surface area contributed by atoms with E-state index in [1.807, 2.05) is 0 Å². The first-order valence-electron chi connectivity index (χ1n) is 6.26. The van der Waals surface area contributed by atoms with Crippen molar-refractivity contribution in [2.24, 2.45) is 5.84 Å². The summed E-state index contributed by atoms with van der Waals surface area (Å²) in [6, 6.07) is 3.00. The van der Waals surface area contributed by atoms with Gasteiger partial charge in [-0.05, 0) is 38.1 Å². The number of nitrogens with zero attached hydrogens (tertiary/aromatic N) is 2. The third kappa shape index (κ3) is 3.87. The van der Waals surface area contributed by atoms with Crippen molar-refractivity contribution in [2.75, 3.05) is 31.6 Å². The topological polar surface area (TPSA) is 100 Å². The minimum atomic E-state index is -3.48. The third-order valence-corrected chi connectivity index (χ3v) is 4.56. The number of aromatic nitrogens is 1. The van der Waals surface area contributed by atoms with Gasteiger partial charge in [-0.2, -0.15) is 0 Å². The molecule has 1 aliphatic heterocycles. The van der Waals surface area contributed by atoms with Crippen LogP contribution < -0.4 is 16.0 Å². The number of hydrazine groups is 1. The number of nitrogens with two attached hydrogens (primary N) is 1. The molecule has 1 saturated heterocycles. The first-order chi connectivity index (χ1) is 9.12. The zero-order valence-corrected chi connectivity index (χ0v) is 11.5. The fourth-order valence-electron chi connectivity index (χ4n) is 2.05. The van der Waals surface area contributed by atoms with Gasteiger partial charge in [0.25, 0.3) is 0 Å². The molecule has 2 heterocycles. The Hall–Kier alpha value is -1.22. The molecule has 1 aliphatic rings.